The Kier molecular flexibility index (Phi) is 6.12. The molecule has 0 bridgehead atoms. The third-order valence-corrected chi connectivity index (χ3v) is 4.65. The Bertz CT molecular complexity index is 746. The van der Waals surface area contributed by atoms with Gasteiger partial charge in [-0.1, -0.05) is 25.1 Å². The first-order valence-corrected chi connectivity index (χ1v) is 8.98. The molecule has 1 aromatic heterocycles. The van der Waals surface area contributed by atoms with Crippen LogP contribution in [0, 0.1) is 5.82 Å². The van der Waals surface area contributed by atoms with Crippen LogP contribution in [0.2, 0.25) is 0 Å². The van der Waals surface area contributed by atoms with Crippen molar-refractivity contribution in [2.24, 2.45) is 0 Å². The van der Waals surface area contributed by atoms with Gasteiger partial charge in [-0.2, -0.15) is 0 Å². The Balaban J connectivity index is 1.56. The zero-order valence-corrected chi connectivity index (χ0v) is 15.0. The molecule has 1 aliphatic rings. The zero-order chi connectivity index (χ0) is 18.4. The first-order valence-electron chi connectivity index (χ1n) is 8.98. The Morgan fingerprint density at radius 1 is 1.19 bits per heavy atom. The average molecular weight is 357 g/mol. The van der Waals surface area contributed by atoms with E-state index in [9.17, 15) is 9.18 Å². The van der Waals surface area contributed by atoms with E-state index >= 15 is 0 Å². The molecule has 0 saturated carbocycles. The van der Waals surface area contributed by atoms with Gasteiger partial charge in [0, 0.05) is 38.8 Å². The van der Waals surface area contributed by atoms with Gasteiger partial charge in [-0.15, -0.1) is 0 Å². The van der Waals surface area contributed by atoms with Crippen molar-refractivity contribution < 1.29 is 9.18 Å². The first kappa shape index (κ1) is 18.3. The third-order valence-electron chi connectivity index (χ3n) is 4.65. The standard InChI is InChI=1S/C19H24FN5O/c1-2-24-9-11-25(12-10-24)19(26)17-13-18(23-14-22-17)21-8-7-15-5-3-4-6-16(15)20/h3-6,13-14H,2,7-12H2,1H3,(H,21,22,23). The molecule has 2 heterocycles. The molecule has 1 aliphatic heterocycles. The van der Waals surface area contributed by atoms with Crippen LogP contribution in [-0.2, 0) is 6.42 Å². The number of hydrogen-bond acceptors (Lipinski definition) is 5. The Labute approximate surface area is 153 Å². The number of nitrogens with zero attached hydrogens (tertiary/aromatic N) is 4. The summed E-state index contributed by atoms with van der Waals surface area (Å²) in [5.41, 5.74) is 1.04. The van der Waals surface area contributed by atoms with E-state index in [0.717, 1.165) is 19.6 Å². The van der Waals surface area contributed by atoms with Crippen molar-refractivity contribution >= 4 is 11.7 Å². The number of carbonyl (C=O) groups excluding carboxylic acids is 1. The number of aromatic nitrogens is 2. The summed E-state index contributed by atoms with van der Waals surface area (Å²) in [4.78, 5) is 25.0. The van der Waals surface area contributed by atoms with Gasteiger partial charge in [0.15, 0.2) is 0 Å². The summed E-state index contributed by atoms with van der Waals surface area (Å²) in [7, 11) is 0. The van der Waals surface area contributed by atoms with Crippen LogP contribution < -0.4 is 5.32 Å². The predicted molar refractivity (Wildman–Crippen MR) is 98.6 cm³/mol. The van der Waals surface area contributed by atoms with Crippen LogP contribution in [-0.4, -0.2) is 64.9 Å². The van der Waals surface area contributed by atoms with Crippen LogP contribution in [0.3, 0.4) is 0 Å². The fourth-order valence-corrected chi connectivity index (χ4v) is 3.03. The van der Waals surface area contributed by atoms with E-state index in [-0.39, 0.29) is 11.7 Å². The molecule has 0 atom stereocenters. The molecule has 138 valence electrons. The molecule has 26 heavy (non-hydrogen) atoms. The van der Waals surface area contributed by atoms with E-state index in [0.29, 0.717) is 43.1 Å². The van der Waals surface area contributed by atoms with Crippen LogP contribution in [0.15, 0.2) is 36.7 Å². The van der Waals surface area contributed by atoms with Gasteiger partial charge >= 0.3 is 0 Å². The molecule has 1 aromatic carbocycles. The number of rotatable bonds is 6. The number of hydrogen-bond donors (Lipinski definition) is 1. The van der Waals surface area contributed by atoms with Gasteiger partial charge < -0.3 is 15.1 Å². The highest BCUT2D eigenvalue weighted by Gasteiger charge is 2.22. The fourth-order valence-electron chi connectivity index (χ4n) is 3.03. The average Bonchev–Trinajstić information content (AvgIpc) is 2.69. The second-order valence-corrected chi connectivity index (χ2v) is 6.28. The fraction of sp³-hybridized carbons (Fsp3) is 0.421. The Morgan fingerprint density at radius 2 is 1.96 bits per heavy atom. The smallest absolute Gasteiger partial charge is 0.272 e. The molecule has 0 radical (unpaired) electrons. The van der Waals surface area contributed by atoms with Crippen molar-refractivity contribution in [1.82, 2.24) is 19.8 Å². The van der Waals surface area contributed by atoms with Crippen molar-refractivity contribution in [2.45, 2.75) is 13.3 Å². The summed E-state index contributed by atoms with van der Waals surface area (Å²) in [5.74, 6) is 0.297. The molecule has 3 rings (SSSR count). The number of piperazine rings is 1. The highest BCUT2D eigenvalue weighted by atomic mass is 19.1. The minimum Gasteiger partial charge on any atom is -0.370 e. The van der Waals surface area contributed by atoms with Crippen LogP contribution in [0.25, 0.3) is 0 Å². The normalized spacial score (nSPS) is 15.1. The van der Waals surface area contributed by atoms with E-state index < -0.39 is 0 Å². The molecule has 0 spiro atoms. The lowest BCUT2D eigenvalue weighted by Gasteiger charge is -2.33. The summed E-state index contributed by atoms with van der Waals surface area (Å²) in [6.45, 7) is 6.87. The van der Waals surface area contributed by atoms with Crippen LogP contribution in [0.1, 0.15) is 23.0 Å². The van der Waals surface area contributed by atoms with Crippen molar-refractivity contribution in [3.63, 3.8) is 0 Å². The van der Waals surface area contributed by atoms with Gasteiger partial charge in [0.1, 0.15) is 23.7 Å². The van der Waals surface area contributed by atoms with E-state index in [1.807, 2.05) is 11.0 Å². The lowest BCUT2D eigenvalue weighted by Crippen LogP contribution is -2.48. The van der Waals surface area contributed by atoms with Crippen molar-refractivity contribution in [2.75, 3.05) is 44.6 Å². The quantitative estimate of drug-likeness (QED) is 0.857. The van der Waals surface area contributed by atoms with Crippen molar-refractivity contribution in [3.05, 3.63) is 53.7 Å². The number of carbonyl (C=O) groups is 1. The van der Waals surface area contributed by atoms with Crippen molar-refractivity contribution in [1.29, 1.82) is 0 Å². The van der Waals surface area contributed by atoms with E-state index in [1.54, 1.807) is 18.2 Å². The van der Waals surface area contributed by atoms with Crippen LogP contribution in [0.5, 0.6) is 0 Å². The molecule has 1 fully saturated rings. The summed E-state index contributed by atoms with van der Waals surface area (Å²) >= 11 is 0. The van der Waals surface area contributed by atoms with E-state index in [4.69, 9.17) is 0 Å². The highest BCUT2D eigenvalue weighted by molar-refractivity contribution is 5.93. The summed E-state index contributed by atoms with van der Waals surface area (Å²) in [6, 6.07) is 8.37. The number of anilines is 1. The lowest BCUT2D eigenvalue weighted by atomic mass is 10.1. The maximum absolute atomic E-state index is 13.6. The maximum Gasteiger partial charge on any atom is 0.272 e. The largest absolute Gasteiger partial charge is 0.370 e. The zero-order valence-electron chi connectivity index (χ0n) is 15.0. The minimum atomic E-state index is -0.209. The van der Waals surface area contributed by atoms with Gasteiger partial charge in [-0.05, 0) is 24.6 Å². The molecule has 1 amide bonds. The second-order valence-electron chi connectivity index (χ2n) is 6.28. The third kappa shape index (κ3) is 4.54. The lowest BCUT2D eigenvalue weighted by molar-refractivity contribution is 0.0637. The SMILES string of the molecule is CCN1CCN(C(=O)c2cc(NCCc3ccccc3F)ncn2)CC1. The summed E-state index contributed by atoms with van der Waals surface area (Å²) in [6.07, 6.45) is 1.93. The molecule has 7 heteroatoms. The molecule has 6 nitrogen and oxygen atoms in total. The van der Waals surface area contributed by atoms with Gasteiger partial charge in [-0.25, -0.2) is 14.4 Å². The topological polar surface area (TPSA) is 61.4 Å². The predicted octanol–water partition coefficient (Wildman–Crippen LogP) is 2.05. The van der Waals surface area contributed by atoms with Crippen LogP contribution in [0.4, 0.5) is 10.2 Å². The van der Waals surface area contributed by atoms with Gasteiger partial charge in [0.05, 0.1) is 0 Å². The number of amides is 1. The maximum atomic E-state index is 13.6. The number of benzene rings is 1. The van der Waals surface area contributed by atoms with Crippen LogP contribution >= 0.6 is 0 Å². The van der Waals surface area contributed by atoms with Gasteiger partial charge in [-0.3, -0.25) is 4.79 Å². The van der Waals surface area contributed by atoms with Crippen molar-refractivity contribution in [3.8, 4) is 0 Å². The Morgan fingerprint density at radius 3 is 2.69 bits per heavy atom. The molecule has 0 aliphatic carbocycles. The second kappa shape index (κ2) is 8.71. The highest BCUT2D eigenvalue weighted by Crippen LogP contribution is 2.11. The van der Waals surface area contributed by atoms with Gasteiger partial charge in [0.2, 0.25) is 0 Å². The monoisotopic (exact) mass is 357 g/mol. The molecule has 1 N–H and O–H groups in total. The van der Waals surface area contributed by atoms with E-state index in [1.165, 1.54) is 12.4 Å². The minimum absolute atomic E-state index is 0.0692. The number of likely N-dealkylation sites (N-methyl/N-ethyl adjacent to an activating group) is 1. The number of halogens is 1. The van der Waals surface area contributed by atoms with Gasteiger partial charge in [0.25, 0.3) is 5.91 Å². The molecule has 1 saturated heterocycles. The Hall–Kier alpha value is -2.54. The summed E-state index contributed by atoms with van der Waals surface area (Å²) in [5, 5.41) is 3.14. The molecular weight excluding hydrogens is 333 g/mol. The summed E-state index contributed by atoms with van der Waals surface area (Å²) < 4.78 is 13.6. The molecule has 0 unspecified atom stereocenters. The number of nitrogens with one attached hydrogen (secondary N) is 1. The molecule has 2 aromatic rings. The molecular formula is C19H24FN5O. The first-order chi connectivity index (χ1) is 12.7. The van der Waals surface area contributed by atoms with E-state index in [2.05, 4.69) is 27.1 Å².